The number of rotatable bonds is 4. The Morgan fingerprint density at radius 1 is 1.26 bits per heavy atom. The number of hydrogen-bond donors (Lipinski definition) is 0. The Hall–Kier alpha value is -1.36. The maximum Gasteiger partial charge on any atom is 0.253 e. The quantitative estimate of drug-likeness (QED) is 0.848. The molecule has 0 aliphatic carbocycles. The van der Waals surface area contributed by atoms with E-state index in [4.69, 9.17) is 0 Å². The van der Waals surface area contributed by atoms with E-state index in [1.54, 1.807) is 24.3 Å². The average Bonchev–Trinajstić information content (AvgIpc) is 2.71. The lowest BCUT2D eigenvalue weighted by atomic mass is 9.89. The van der Waals surface area contributed by atoms with E-state index < -0.39 is 9.84 Å². The summed E-state index contributed by atoms with van der Waals surface area (Å²) in [6.45, 7) is 6.07. The van der Waals surface area contributed by atoms with Crippen LogP contribution < -0.4 is 0 Å². The molecule has 5 heteroatoms. The highest BCUT2D eigenvalue weighted by molar-refractivity contribution is 7.89. The van der Waals surface area contributed by atoms with E-state index in [0.29, 0.717) is 23.0 Å². The van der Waals surface area contributed by atoms with Gasteiger partial charge in [0.1, 0.15) is 0 Å². The van der Waals surface area contributed by atoms with Gasteiger partial charge < -0.3 is 4.90 Å². The Balaban J connectivity index is 2.09. The average molecular weight is 337 g/mol. The van der Waals surface area contributed by atoms with Gasteiger partial charge in [0, 0.05) is 24.9 Å². The molecule has 4 nitrogen and oxygen atoms in total. The van der Waals surface area contributed by atoms with Gasteiger partial charge in [-0.3, -0.25) is 4.79 Å². The number of hydrogen-bond acceptors (Lipinski definition) is 3. The van der Waals surface area contributed by atoms with Crippen LogP contribution in [0.3, 0.4) is 0 Å². The number of carbonyl (C=O) groups excluding carboxylic acids is 1. The Bertz CT molecular complexity index is 652. The molecule has 0 radical (unpaired) electrons. The summed E-state index contributed by atoms with van der Waals surface area (Å²) in [7, 11) is -3.09. The maximum absolute atomic E-state index is 12.7. The monoisotopic (exact) mass is 337 g/mol. The zero-order valence-corrected chi connectivity index (χ0v) is 15.1. The van der Waals surface area contributed by atoms with Crippen LogP contribution in [0.2, 0.25) is 0 Å². The second kappa shape index (κ2) is 7.47. The van der Waals surface area contributed by atoms with Crippen LogP contribution in [-0.2, 0) is 15.6 Å². The van der Waals surface area contributed by atoms with Gasteiger partial charge in [-0.1, -0.05) is 26.0 Å². The molecule has 0 saturated carbocycles. The van der Waals surface area contributed by atoms with Gasteiger partial charge in [0.15, 0.2) is 9.84 Å². The van der Waals surface area contributed by atoms with Crippen LogP contribution in [0.5, 0.6) is 0 Å². The smallest absolute Gasteiger partial charge is 0.253 e. The van der Waals surface area contributed by atoms with Crippen LogP contribution in [0.15, 0.2) is 24.3 Å². The fourth-order valence-corrected chi connectivity index (χ4v) is 4.06. The van der Waals surface area contributed by atoms with Crippen LogP contribution in [0.1, 0.15) is 49.0 Å². The van der Waals surface area contributed by atoms with E-state index in [0.717, 1.165) is 25.9 Å². The summed E-state index contributed by atoms with van der Waals surface area (Å²) in [5.41, 5.74) is 1.27. The van der Waals surface area contributed by atoms with Gasteiger partial charge in [0.05, 0.1) is 5.75 Å². The zero-order valence-electron chi connectivity index (χ0n) is 14.3. The van der Waals surface area contributed by atoms with Crippen LogP contribution in [0.4, 0.5) is 0 Å². The van der Waals surface area contributed by atoms with Crippen LogP contribution >= 0.6 is 0 Å². The van der Waals surface area contributed by atoms with E-state index in [9.17, 15) is 13.2 Å². The molecule has 1 aromatic carbocycles. The van der Waals surface area contributed by atoms with Crippen molar-refractivity contribution in [3.63, 3.8) is 0 Å². The third kappa shape index (κ3) is 5.34. The molecule has 1 fully saturated rings. The fraction of sp³-hybridized carbons (Fsp3) is 0.611. The van der Waals surface area contributed by atoms with Crippen molar-refractivity contribution in [3.05, 3.63) is 35.4 Å². The predicted octanol–water partition coefficient (Wildman–Crippen LogP) is 3.13. The van der Waals surface area contributed by atoms with Gasteiger partial charge in [0.25, 0.3) is 5.91 Å². The molecule has 1 saturated heterocycles. The summed E-state index contributed by atoms with van der Waals surface area (Å²) in [4.78, 5) is 14.6. The summed E-state index contributed by atoms with van der Waals surface area (Å²) in [6.07, 6.45) is 4.47. The fourth-order valence-electron chi connectivity index (χ4n) is 3.27. The Morgan fingerprint density at radius 3 is 2.65 bits per heavy atom. The van der Waals surface area contributed by atoms with E-state index in [1.807, 2.05) is 4.90 Å². The van der Waals surface area contributed by atoms with Gasteiger partial charge in [0.2, 0.25) is 0 Å². The summed E-state index contributed by atoms with van der Waals surface area (Å²) < 4.78 is 22.9. The number of benzene rings is 1. The lowest BCUT2D eigenvalue weighted by molar-refractivity contribution is 0.0758. The lowest BCUT2D eigenvalue weighted by Gasteiger charge is -2.22. The van der Waals surface area contributed by atoms with Crippen molar-refractivity contribution in [3.8, 4) is 0 Å². The first-order chi connectivity index (χ1) is 10.8. The summed E-state index contributed by atoms with van der Waals surface area (Å²) in [5.74, 6) is 1.33. The zero-order chi connectivity index (χ0) is 17.0. The van der Waals surface area contributed by atoms with Crippen molar-refractivity contribution in [1.29, 1.82) is 0 Å². The molecule has 0 bridgehead atoms. The Labute approximate surface area is 139 Å². The molecule has 1 heterocycles. The van der Waals surface area contributed by atoms with Crippen molar-refractivity contribution in [2.75, 3.05) is 19.3 Å². The van der Waals surface area contributed by atoms with Gasteiger partial charge in [-0.25, -0.2) is 8.42 Å². The molecule has 1 atom stereocenters. The number of nitrogens with zero attached hydrogens (tertiary/aromatic N) is 1. The minimum atomic E-state index is -3.09. The van der Waals surface area contributed by atoms with E-state index >= 15 is 0 Å². The molecule has 23 heavy (non-hydrogen) atoms. The summed E-state index contributed by atoms with van der Waals surface area (Å²) in [6, 6.07) is 7.02. The number of sulfone groups is 1. The molecular weight excluding hydrogens is 310 g/mol. The van der Waals surface area contributed by atoms with E-state index in [1.165, 1.54) is 12.7 Å². The SMILES string of the molecule is CC(C)[C@@H]1CCCN(C(=O)c2cccc(CS(C)(=O)=O)c2)CC1. The highest BCUT2D eigenvalue weighted by Gasteiger charge is 2.23. The molecule has 1 amide bonds. The molecule has 0 spiro atoms. The molecule has 1 aliphatic heterocycles. The van der Waals surface area contributed by atoms with Gasteiger partial charge >= 0.3 is 0 Å². The van der Waals surface area contributed by atoms with Crippen LogP contribution in [0, 0.1) is 11.8 Å². The lowest BCUT2D eigenvalue weighted by Crippen LogP contribution is -2.32. The molecule has 1 aliphatic rings. The minimum absolute atomic E-state index is 0.0183. The highest BCUT2D eigenvalue weighted by Crippen LogP contribution is 2.25. The van der Waals surface area contributed by atoms with Gasteiger partial charge in [-0.2, -0.15) is 0 Å². The molecule has 0 N–H and O–H groups in total. The molecule has 0 unspecified atom stereocenters. The van der Waals surface area contributed by atoms with Crippen molar-refractivity contribution >= 4 is 15.7 Å². The summed E-state index contributed by atoms with van der Waals surface area (Å²) >= 11 is 0. The van der Waals surface area contributed by atoms with Crippen molar-refractivity contribution in [2.45, 2.75) is 38.9 Å². The van der Waals surface area contributed by atoms with Crippen molar-refractivity contribution in [2.24, 2.45) is 11.8 Å². The van der Waals surface area contributed by atoms with Gasteiger partial charge in [-0.05, 0) is 48.8 Å². The number of carbonyl (C=O) groups is 1. The standard InChI is InChI=1S/C18H27NO3S/c1-14(2)16-8-5-10-19(11-9-16)18(20)17-7-4-6-15(12-17)13-23(3,21)22/h4,6-7,12,14,16H,5,8-11,13H2,1-3H3/t16-/m1/s1. The first-order valence-electron chi connectivity index (χ1n) is 8.32. The normalized spacial score (nSPS) is 19.7. The summed E-state index contributed by atoms with van der Waals surface area (Å²) in [5, 5.41) is 0. The molecule has 2 rings (SSSR count). The first kappa shape index (κ1) is 18.0. The second-order valence-electron chi connectivity index (χ2n) is 7.00. The highest BCUT2D eigenvalue weighted by atomic mass is 32.2. The number of amides is 1. The van der Waals surface area contributed by atoms with Gasteiger partial charge in [-0.15, -0.1) is 0 Å². The minimum Gasteiger partial charge on any atom is -0.339 e. The molecule has 0 aromatic heterocycles. The molecular formula is C18H27NO3S. The third-order valence-corrected chi connectivity index (χ3v) is 5.46. The maximum atomic E-state index is 12.7. The topological polar surface area (TPSA) is 54.5 Å². The third-order valence-electron chi connectivity index (χ3n) is 4.61. The van der Waals surface area contributed by atoms with Crippen molar-refractivity contribution < 1.29 is 13.2 Å². The van der Waals surface area contributed by atoms with E-state index in [2.05, 4.69) is 13.8 Å². The second-order valence-corrected chi connectivity index (χ2v) is 9.14. The predicted molar refractivity (Wildman–Crippen MR) is 93.1 cm³/mol. The molecule has 1 aromatic rings. The largest absolute Gasteiger partial charge is 0.339 e. The Morgan fingerprint density at radius 2 is 2.00 bits per heavy atom. The van der Waals surface area contributed by atoms with Crippen LogP contribution in [-0.4, -0.2) is 38.6 Å². The molecule has 128 valence electrons. The van der Waals surface area contributed by atoms with Crippen LogP contribution in [0.25, 0.3) is 0 Å². The number of likely N-dealkylation sites (tertiary alicyclic amines) is 1. The Kier molecular flexibility index (Phi) is 5.84. The van der Waals surface area contributed by atoms with Crippen molar-refractivity contribution in [1.82, 2.24) is 4.90 Å². The van der Waals surface area contributed by atoms with E-state index in [-0.39, 0.29) is 11.7 Å². The first-order valence-corrected chi connectivity index (χ1v) is 10.4.